The third-order valence-corrected chi connectivity index (χ3v) is 2.61. The van der Waals surface area contributed by atoms with E-state index in [9.17, 15) is 15.0 Å². The molecule has 0 saturated heterocycles. The summed E-state index contributed by atoms with van der Waals surface area (Å²) >= 11 is 0. The maximum Gasteiger partial charge on any atom is 0.330 e. The Morgan fingerprint density at radius 3 is 2.67 bits per heavy atom. The van der Waals surface area contributed by atoms with E-state index in [1.807, 2.05) is 6.92 Å². The van der Waals surface area contributed by atoms with Crippen molar-refractivity contribution in [1.82, 2.24) is 0 Å². The van der Waals surface area contributed by atoms with E-state index in [1.54, 1.807) is 18.2 Å². The van der Waals surface area contributed by atoms with Gasteiger partial charge in [0.1, 0.15) is 0 Å². The van der Waals surface area contributed by atoms with Crippen molar-refractivity contribution in [2.75, 3.05) is 0 Å². The number of esters is 1. The second-order valence-corrected chi connectivity index (χ2v) is 4.37. The van der Waals surface area contributed by atoms with Crippen LogP contribution in [0.4, 0.5) is 0 Å². The molecule has 0 radical (unpaired) electrons. The number of hydrogen-bond acceptors (Lipinski definition) is 4. The molecule has 1 aliphatic heterocycles. The zero-order valence-electron chi connectivity index (χ0n) is 10.5. The van der Waals surface area contributed by atoms with Crippen molar-refractivity contribution < 1.29 is 19.7 Å². The molecule has 1 heterocycles. The van der Waals surface area contributed by atoms with Gasteiger partial charge in [0, 0.05) is 6.08 Å². The molecular weight excluding hydrogens is 232 g/mol. The van der Waals surface area contributed by atoms with Crippen molar-refractivity contribution in [2.24, 2.45) is 0 Å². The highest BCUT2D eigenvalue weighted by molar-refractivity contribution is 5.82. The monoisotopic (exact) mass is 252 g/mol. The summed E-state index contributed by atoms with van der Waals surface area (Å²) in [6.07, 6.45) is 9.71. The number of carbonyl (C=O) groups is 1. The highest BCUT2D eigenvalue weighted by atomic mass is 16.5. The van der Waals surface area contributed by atoms with Gasteiger partial charge in [0.2, 0.25) is 0 Å². The zero-order valence-corrected chi connectivity index (χ0v) is 10.5. The molecule has 0 aromatic heterocycles. The number of aliphatic hydroxyl groups is 2. The van der Waals surface area contributed by atoms with E-state index in [4.69, 9.17) is 4.74 Å². The molecule has 0 fully saturated rings. The van der Waals surface area contributed by atoms with Crippen LogP contribution in [0.25, 0.3) is 0 Å². The molecule has 0 aromatic carbocycles. The van der Waals surface area contributed by atoms with Gasteiger partial charge in [-0.3, -0.25) is 0 Å². The van der Waals surface area contributed by atoms with E-state index in [0.717, 1.165) is 6.42 Å². The largest absolute Gasteiger partial charge is 0.460 e. The van der Waals surface area contributed by atoms with Crippen molar-refractivity contribution in [3.8, 4) is 0 Å². The summed E-state index contributed by atoms with van der Waals surface area (Å²) in [4.78, 5) is 11.4. The lowest BCUT2D eigenvalue weighted by Gasteiger charge is -2.13. The van der Waals surface area contributed by atoms with Gasteiger partial charge in [-0.25, -0.2) is 4.79 Å². The molecule has 0 saturated carbocycles. The molecule has 0 spiro atoms. The van der Waals surface area contributed by atoms with Crippen LogP contribution in [-0.4, -0.2) is 34.5 Å². The predicted molar refractivity (Wildman–Crippen MR) is 68.8 cm³/mol. The Labute approximate surface area is 107 Å². The van der Waals surface area contributed by atoms with Crippen molar-refractivity contribution in [2.45, 2.75) is 44.5 Å². The Morgan fingerprint density at radius 2 is 1.89 bits per heavy atom. The van der Waals surface area contributed by atoms with E-state index < -0.39 is 18.2 Å². The van der Waals surface area contributed by atoms with E-state index in [2.05, 4.69) is 0 Å². The maximum atomic E-state index is 11.4. The van der Waals surface area contributed by atoms with E-state index in [0.29, 0.717) is 12.8 Å². The third kappa shape index (κ3) is 6.37. The number of carbonyl (C=O) groups excluding carboxylic acids is 1. The second kappa shape index (κ2) is 7.84. The van der Waals surface area contributed by atoms with Crippen LogP contribution in [0.2, 0.25) is 0 Å². The first kappa shape index (κ1) is 14.7. The molecule has 4 heteroatoms. The van der Waals surface area contributed by atoms with Gasteiger partial charge in [0.05, 0.1) is 18.3 Å². The lowest BCUT2D eigenvalue weighted by atomic mass is 10.1. The number of aliphatic hydroxyl groups excluding tert-OH is 2. The van der Waals surface area contributed by atoms with Gasteiger partial charge in [0.15, 0.2) is 0 Å². The molecule has 1 aliphatic rings. The number of cyclic esters (lactones) is 1. The van der Waals surface area contributed by atoms with Crippen LogP contribution in [0.5, 0.6) is 0 Å². The van der Waals surface area contributed by atoms with Crippen LogP contribution in [0.3, 0.4) is 0 Å². The molecule has 0 aromatic rings. The fourth-order valence-electron chi connectivity index (χ4n) is 1.62. The Morgan fingerprint density at radius 1 is 1.17 bits per heavy atom. The Kier molecular flexibility index (Phi) is 6.39. The van der Waals surface area contributed by atoms with E-state index in [1.165, 1.54) is 18.2 Å². The van der Waals surface area contributed by atoms with Crippen LogP contribution in [0.15, 0.2) is 36.5 Å². The molecule has 0 unspecified atom stereocenters. The molecule has 100 valence electrons. The summed E-state index contributed by atoms with van der Waals surface area (Å²) in [7, 11) is 0. The Hall–Kier alpha value is -1.39. The van der Waals surface area contributed by atoms with Crippen LogP contribution >= 0.6 is 0 Å². The van der Waals surface area contributed by atoms with Crippen LogP contribution in [0, 0.1) is 0 Å². The summed E-state index contributed by atoms with van der Waals surface area (Å²) in [5.41, 5.74) is 0. The topological polar surface area (TPSA) is 66.8 Å². The van der Waals surface area contributed by atoms with Gasteiger partial charge in [0.25, 0.3) is 0 Å². The first-order chi connectivity index (χ1) is 8.58. The van der Waals surface area contributed by atoms with Gasteiger partial charge >= 0.3 is 5.97 Å². The fraction of sp³-hybridized carbons (Fsp3) is 0.500. The predicted octanol–water partition coefficient (Wildman–Crippen LogP) is 1.49. The van der Waals surface area contributed by atoms with Crippen molar-refractivity contribution in [3.63, 3.8) is 0 Å². The summed E-state index contributed by atoms with van der Waals surface area (Å²) in [5.74, 6) is -0.455. The number of allylic oxidation sites excluding steroid dienone is 2. The fourth-order valence-corrected chi connectivity index (χ4v) is 1.62. The minimum atomic E-state index is -0.836. The average Bonchev–Trinajstić information content (AvgIpc) is 2.31. The van der Waals surface area contributed by atoms with Crippen LogP contribution in [-0.2, 0) is 9.53 Å². The summed E-state index contributed by atoms with van der Waals surface area (Å²) in [6, 6.07) is 0. The van der Waals surface area contributed by atoms with Gasteiger partial charge in [-0.2, -0.15) is 0 Å². The minimum absolute atomic E-state index is 0.186. The van der Waals surface area contributed by atoms with Crippen molar-refractivity contribution in [3.05, 3.63) is 36.5 Å². The van der Waals surface area contributed by atoms with Gasteiger partial charge in [-0.1, -0.05) is 24.3 Å². The number of hydrogen-bond donors (Lipinski definition) is 2. The molecular formula is C14H20O4. The normalized spacial score (nSPS) is 36.2. The molecule has 0 bridgehead atoms. The summed E-state index contributed by atoms with van der Waals surface area (Å²) in [6.45, 7) is 1.82. The average molecular weight is 252 g/mol. The smallest absolute Gasteiger partial charge is 0.330 e. The Balaban J connectivity index is 2.68. The van der Waals surface area contributed by atoms with Crippen LogP contribution in [0.1, 0.15) is 26.2 Å². The highest BCUT2D eigenvalue weighted by Crippen LogP contribution is 2.09. The Bertz CT molecular complexity index is 344. The van der Waals surface area contributed by atoms with Crippen LogP contribution < -0.4 is 0 Å². The first-order valence-corrected chi connectivity index (χ1v) is 6.18. The van der Waals surface area contributed by atoms with Gasteiger partial charge < -0.3 is 14.9 Å². The van der Waals surface area contributed by atoms with E-state index >= 15 is 0 Å². The van der Waals surface area contributed by atoms with Crippen molar-refractivity contribution in [1.29, 1.82) is 0 Å². The van der Waals surface area contributed by atoms with Crippen molar-refractivity contribution >= 4 is 5.97 Å². The number of rotatable bonds is 0. The minimum Gasteiger partial charge on any atom is -0.460 e. The first-order valence-electron chi connectivity index (χ1n) is 6.18. The number of ether oxygens (including phenoxy) is 1. The SMILES string of the molecule is C[C@H]1CCC[C@H](O)/C=C/C=C\[C@H](O)/C=C/C(=O)O1. The molecule has 0 aliphatic carbocycles. The lowest BCUT2D eigenvalue weighted by molar-refractivity contribution is -0.142. The molecule has 3 atom stereocenters. The summed E-state index contributed by atoms with van der Waals surface area (Å²) < 4.78 is 5.12. The molecule has 18 heavy (non-hydrogen) atoms. The lowest BCUT2D eigenvalue weighted by Crippen LogP contribution is -2.14. The standard InChI is InChI=1S/C14H20O4/c1-11-5-4-8-12(15)6-2-3-7-13(16)9-10-14(17)18-11/h2-3,6-7,9-13,15-16H,4-5,8H2,1H3/b6-2+,7-3-,10-9+/t11-,12+,13-/m0/s1. The zero-order chi connectivity index (χ0) is 13.4. The van der Waals surface area contributed by atoms with Gasteiger partial charge in [-0.15, -0.1) is 0 Å². The van der Waals surface area contributed by atoms with Gasteiger partial charge in [-0.05, 0) is 32.3 Å². The molecule has 0 amide bonds. The quantitative estimate of drug-likeness (QED) is 0.641. The maximum absolute atomic E-state index is 11.4. The highest BCUT2D eigenvalue weighted by Gasteiger charge is 2.08. The van der Waals surface area contributed by atoms with E-state index in [-0.39, 0.29) is 6.10 Å². The molecule has 2 N–H and O–H groups in total. The second-order valence-electron chi connectivity index (χ2n) is 4.37. The third-order valence-electron chi connectivity index (χ3n) is 2.61. The molecule has 1 rings (SSSR count). The summed E-state index contributed by atoms with van der Waals surface area (Å²) in [5, 5.41) is 19.1. The molecule has 4 nitrogen and oxygen atoms in total.